The molecule has 0 amide bonds. The second-order valence-electron chi connectivity index (χ2n) is 1.26. The summed E-state index contributed by atoms with van der Waals surface area (Å²) >= 11 is 0. The summed E-state index contributed by atoms with van der Waals surface area (Å²) in [5, 5.41) is 0. The van der Waals surface area contributed by atoms with Gasteiger partial charge in [0, 0.05) is 0 Å². The summed E-state index contributed by atoms with van der Waals surface area (Å²) in [5.41, 5.74) is 3.80. The average molecular weight is 112 g/mol. The molecule has 1 rings (SSSR count). The molecule has 0 unspecified atom stereocenters. The molecule has 0 aliphatic carbocycles. The maximum Gasteiger partial charge on any atom is 0.419 e. The first kappa shape index (κ1) is 4.86. The first-order valence-electron chi connectivity index (χ1n) is 1.68. The van der Waals surface area contributed by atoms with Crippen molar-refractivity contribution >= 4 is 0 Å². The van der Waals surface area contributed by atoms with Gasteiger partial charge >= 0.3 is 6.18 Å². The Kier molecular flexibility index (Phi) is 0.767. The van der Waals surface area contributed by atoms with Gasteiger partial charge in [-0.2, -0.15) is 13.2 Å². The number of hydrogen-bond donors (Lipinski definition) is 2. The van der Waals surface area contributed by atoms with Crippen LogP contribution in [0.3, 0.4) is 0 Å². The van der Waals surface area contributed by atoms with Crippen LogP contribution in [0.4, 0.5) is 13.2 Å². The lowest BCUT2D eigenvalue weighted by Gasteiger charge is -1.96. The molecule has 1 aliphatic heterocycles. The standard InChI is InChI=1S/C2H3F3N2/c3-2(4,5)1-6-7-1/h1,6-7H. The lowest BCUT2D eigenvalue weighted by molar-refractivity contribution is -0.130. The summed E-state index contributed by atoms with van der Waals surface area (Å²) in [7, 11) is 0. The highest BCUT2D eigenvalue weighted by molar-refractivity contribution is 4.78. The van der Waals surface area contributed by atoms with Crippen molar-refractivity contribution in [3.63, 3.8) is 0 Å². The third-order valence-electron chi connectivity index (χ3n) is 0.616. The fourth-order valence-electron chi connectivity index (χ4n) is 0.205. The second-order valence-corrected chi connectivity index (χ2v) is 1.26. The van der Waals surface area contributed by atoms with E-state index in [-0.39, 0.29) is 0 Å². The summed E-state index contributed by atoms with van der Waals surface area (Å²) in [6.45, 7) is 0. The van der Waals surface area contributed by atoms with Gasteiger partial charge in [0.1, 0.15) is 0 Å². The topological polar surface area (TPSA) is 43.9 Å². The zero-order valence-corrected chi connectivity index (χ0v) is 3.21. The fourth-order valence-corrected chi connectivity index (χ4v) is 0.205. The van der Waals surface area contributed by atoms with Crippen molar-refractivity contribution in [2.45, 2.75) is 12.3 Å². The van der Waals surface area contributed by atoms with Gasteiger partial charge in [0.25, 0.3) is 0 Å². The molecule has 0 aromatic heterocycles. The molecule has 1 heterocycles. The summed E-state index contributed by atoms with van der Waals surface area (Å²) in [6.07, 6.45) is -5.56. The summed E-state index contributed by atoms with van der Waals surface area (Å²) in [4.78, 5) is 0. The van der Waals surface area contributed by atoms with Crippen molar-refractivity contribution in [1.29, 1.82) is 0 Å². The predicted octanol–water partition coefficient (Wildman–Crippen LogP) is -0.0174. The Morgan fingerprint density at radius 1 is 1.14 bits per heavy atom. The van der Waals surface area contributed by atoms with Crippen LogP contribution in [0, 0.1) is 0 Å². The van der Waals surface area contributed by atoms with Crippen LogP contribution < -0.4 is 10.9 Å². The Labute approximate surface area is 37.7 Å². The second kappa shape index (κ2) is 1.10. The smallest absolute Gasteiger partial charge is 0.230 e. The van der Waals surface area contributed by atoms with Gasteiger partial charge in [0.15, 0.2) is 6.17 Å². The van der Waals surface area contributed by atoms with Gasteiger partial charge < -0.3 is 0 Å². The average Bonchev–Trinajstić information content (AvgIpc) is 1.99. The molecule has 7 heavy (non-hydrogen) atoms. The Balaban J connectivity index is 2.36. The van der Waals surface area contributed by atoms with E-state index in [0.717, 1.165) is 0 Å². The molecule has 1 aliphatic rings. The molecule has 2 nitrogen and oxygen atoms in total. The van der Waals surface area contributed by atoms with E-state index in [9.17, 15) is 13.2 Å². The van der Waals surface area contributed by atoms with Crippen molar-refractivity contribution in [3.05, 3.63) is 0 Å². The van der Waals surface area contributed by atoms with Crippen molar-refractivity contribution < 1.29 is 13.2 Å². The van der Waals surface area contributed by atoms with E-state index in [0.29, 0.717) is 0 Å². The lowest BCUT2D eigenvalue weighted by Crippen LogP contribution is -2.19. The van der Waals surface area contributed by atoms with Gasteiger partial charge in [-0.25, -0.2) is 10.9 Å². The van der Waals surface area contributed by atoms with Gasteiger partial charge in [-0.3, -0.25) is 0 Å². The molecule has 42 valence electrons. The minimum atomic E-state index is -4.11. The van der Waals surface area contributed by atoms with E-state index < -0.39 is 12.3 Å². The van der Waals surface area contributed by atoms with Crippen molar-refractivity contribution in [2.24, 2.45) is 0 Å². The summed E-state index contributed by atoms with van der Waals surface area (Å²) < 4.78 is 33.3. The maximum absolute atomic E-state index is 11.1. The van der Waals surface area contributed by atoms with E-state index in [4.69, 9.17) is 0 Å². The van der Waals surface area contributed by atoms with Gasteiger partial charge in [0.05, 0.1) is 0 Å². The third-order valence-corrected chi connectivity index (χ3v) is 0.616. The third kappa shape index (κ3) is 1.04. The molecule has 1 saturated heterocycles. The number of halogens is 3. The zero-order valence-electron chi connectivity index (χ0n) is 3.21. The van der Waals surface area contributed by atoms with Crippen molar-refractivity contribution in [3.8, 4) is 0 Å². The number of hydrazine groups is 1. The van der Waals surface area contributed by atoms with Crippen LogP contribution in [0.25, 0.3) is 0 Å². The van der Waals surface area contributed by atoms with Gasteiger partial charge in [-0.1, -0.05) is 0 Å². The Morgan fingerprint density at radius 3 is 1.57 bits per heavy atom. The molecule has 0 spiro atoms. The van der Waals surface area contributed by atoms with Crippen molar-refractivity contribution in [1.82, 2.24) is 10.9 Å². The molecule has 0 aromatic rings. The van der Waals surface area contributed by atoms with Crippen LogP contribution >= 0.6 is 0 Å². The molecule has 0 bridgehead atoms. The van der Waals surface area contributed by atoms with Crippen LogP contribution in [-0.2, 0) is 0 Å². The van der Waals surface area contributed by atoms with Crippen LogP contribution in [0.5, 0.6) is 0 Å². The van der Waals surface area contributed by atoms with E-state index >= 15 is 0 Å². The van der Waals surface area contributed by atoms with Gasteiger partial charge in [0.2, 0.25) is 0 Å². The van der Waals surface area contributed by atoms with Crippen LogP contribution in [-0.4, -0.2) is 12.3 Å². The largest absolute Gasteiger partial charge is 0.419 e. The highest BCUT2D eigenvalue weighted by Gasteiger charge is 2.47. The Hall–Kier alpha value is -0.290. The minimum absolute atomic E-state index is 1.45. The van der Waals surface area contributed by atoms with E-state index in [1.807, 2.05) is 10.9 Å². The molecular weight excluding hydrogens is 109 g/mol. The number of alkyl halides is 3. The highest BCUT2D eigenvalue weighted by Crippen LogP contribution is 2.21. The molecule has 5 heteroatoms. The summed E-state index contributed by atoms with van der Waals surface area (Å²) in [5.74, 6) is 0. The van der Waals surface area contributed by atoms with E-state index in [2.05, 4.69) is 0 Å². The maximum atomic E-state index is 11.1. The van der Waals surface area contributed by atoms with Crippen LogP contribution in [0.2, 0.25) is 0 Å². The molecule has 0 saturated carbocycles. The SMILES string of the molecule is FC(F)(F)C1NN1. The fraction of sp³-hybridized carbons (Fsp3) is 1.00. The van der Waals surface area contributed by atoms with Gasteiger partial charge in [-0.05, 0) is 0 Å². The van der Waals surface area contributed by atoms with Gasteiger partial charge in [-0.15, -0.1) is 0 Å². The van der Waals surface area contributed by atoms with Crippen LogP contribution in [0.1, 0.15) is 0 Å². The first-order valence-corrected chi connectivity index (χ1v) is 1.68. The van der Waals surface area contributed by atoms with E-state index in [1.54, 1.807) is 0 Å². The lowest BCUT2D eigenvalue weighted by atomic mass is 10.6. The molecule has 1 fully saturated rings. The van der Waals surface area contributed by atoms with Crippen LogP contribution in [0.15, 0.2) is 0 Å². The quantitative estimate of drug-likeness (QED) is 0.432. The first-order chi connectivity index (χ1) is 3.11. The molecule has 0 atom stereocenters. The van der Waals surface area contributed by atoms with Crippen molar-refractivity contribution in [2.75, 3.05) is 0 Å². The summed E-state index contributed by atoms with van der Waals surface area (Å²) in [6, 6.07) is 0. The predicted molar refractivity (Wildman–Crippen MR) is 16.1 cm³/mol. The number of rotatable bonds is 0. The number of nitrogens with one attached hydrogen (secondary N) is 2. The zero-order chi connectivity index (χ0) is 5.49. The normalized spacial score (nSPS) is 22.7. The number of hydrogen-bond acceptors (Lipinski definition) is 2. The minimum Gasteiger partial charge on any atom is -0.230 e. The molecule has 0 radical (unpaired) electrons. The highest BCUT2D eigenvalue weighted by atomic mass is 19.4. The molecule has 2 N–H and O–H groups in total. The van der Waals surface area contributed by atoms with E-state index in [1.165, 1.54) is 0 Å². The Bertz CT molecular complexity index is 73.5. The molecule has 0 aromatic carbocycles. The Morgan fingerprint density at radius 2 is 1.57 bits per heavy atom. The monoisotopic (exact) mass is 112 g/mol. The molecular formula is C2H3F3N2.